The molecule has 0 saturated heterocycles. The number of amides is 1. The number of anilines is 3. The van der Waals surface area contributed by atoms with E-state index in [9.17, 15) is 34.1 Å². The molecule has 0 spiro atoms. The Morgan fingerprint density at radius 1 is 0.615 bits per heavy atom. The number of para-hydroxylation sites is 3. The number of benzene rings is 5. The van der Waals surface area contributed by atoms with Crippen molar-refractivity contribution in [3.8, 4) is 0 Å². The summed E-state index contributed by atoms with van der Waals surface area (Å²) < 4.78 is 4.77. The van der Waals surface area contributed by atoms with Crippen LogP contribution in [0.2, 0.25) is 0 Å². The van der Waals surface area contributed by atoms with Crippen molar-refractivity contribution in [3.05, 3.63) is 197 Å². The average molecular weight is 878 g/mol. The first-order chi connectivity index (χ1) is 30.8. The third-order valence-electron chi connectivity index (χ3n) is 10.5. The second kappa shape index (κ2) is 22.8. The smallest absolute Gasteiger partial charge is 0.270 e. The average Bonchev–Trinajstić information content (AvgIpc) is 3.30. The van der Waals surface area contributed by atoms with Crippen LogP contribution in [-0.4, -0.2) is 44.4 Å². The van der Waals surface area contributed by atoms with Gasteiger partial charge in [-0.2, -0.15) is 0 Å². The van der Waals surface area contributed by atoms with Crippen molar-refractivity contribution in [1.29, 1.82) is 0 Å². The molecule has 14 nitrogen and oxygen atoms in total. The number of nitrogens with one attached hydrogen (secondary N) is 1. The summed E-state index contributed by atoms with van der Waals surface area (Å²) >= 11 is 0. The lowest BCUT2D eigenvalue weighted by Crippen LogP contribution is -2.27. The normalized spacial score (nSPS) is 10.2. The van der Waals surface area contributed by atoms with Gasteiger partial charge >= 0.3 is 0 Å². The van der Waals surface area contributed by atoms with E-state index in [2.05, 4.69) is 5.32 Å². The minimum atomic E-state index is -0.440. The summed E-state index contributed by atoms with van der Waals surface area (Å²) in [6.07, 6.45) is -0.0363. The number of nitrogen functional groups attached to an aromatic ring is 1. The molecule has 0 saturated carbocycles. The molecule has 3 N–H and O–H groups in total. The summed E-state index contributed by atoms with van der Waals surface area (Å²) in [5.41, 5.74) is 13.7. The number of aryl methyl sites for hydroxylation is 6. The van der Waals surface area contributed by atoms with Crippen molar-refractivity contribution in [2.75, 3.05) is 30.0 Å². The monoisotopic (exact) mass is 877 g/mol. The third-order valence-corrected chi connectivity index (χ3v) is 10.5. The number of carbonyl (C=O) groups excluding carboxylic acids is 2. The number of pyridine rings is 3. The van der Waals surface area contributed by atoms with Crippen LogP contribution in [0.3, 0.4) is 0 Å². The fraction of sp³-hybridized carbons (Fsp3) is 0.196. The van der Waals surface area contributed by atoms with E-state index in [-0.39, 0.29) is 40.5 Å². The third kappa shape index (κ3) is 13.2. The highest BCUT2D eigenvalue weighted by Gasteiger charge is 2.12. The number of ketones is 1. The number of Topliss-reactive ketones (excluding diaryl/α,β-unsaturated/α-hetero) is 1. The van der Waals surface area contributed by atoms with Crippen molar-refractivity contribution < 1.29 is 14.5 Å². The number of non-ortho nitro benzene ring substituents is 1. The van der Waals surface area contributed by atoms with E-state index in [1.165, 1.54) is 34.6 Å². The fourth-order valence-electron chi connectivity index (χ4n) is 6.67. The van der Waals surface area contributed by atoms with Crippen molar-refractivity contribution >= 4 is 67.1 Å². The van der Waals surface area contributed by atoms with Gasteiger partial charge in [0.2, 0.25) is 5.91 Å². The molecular formula is C51H55N7O7. The Morgan fingerprint density at radius 2 is 1.05 bits per heavy atom. The number of carbonyl (C=O) groups is 2. The minimum Gasteiger partial charge on any atom is -0.399 e. The van der Waals surface area contributed by atoms with Crippen LogP contribution in [0.1, 0.15) is 30.0 Å². The van der Waals surface area contributed by atoms with Crippen LogP contribution < -0.4 is 32.6 Å². The lowest BCUT2D eigenvalue weighted by molar-refractivity contribution is -0.384. The zero-order valence-electron chi connectivity index (χ0n) is 38.2. The lowest BCUT2D eigenvalue weighted by atomic mass is 10.1. The summed E-state index contributed by atoms with van der Waals surface area (Å²) in [6.45, 7) is 7.07. The second-order valence-electron chi connectivity index (χ2n) is 15.2. The van der Waals surface area contributed by atoms with Gasteiger partial charge in [-0.3, -0.25) is 34.1 Å². The van der Waals surface area contributed by atoms with Crippen molar-refractivity contribution in [1.82, 2.24) is 13.7 Å². The molecule has 0 aliphatic carbocycles. The summed E-state index contributed by atoms with van der Waals surface area (Å²) in [5, 5.41) is 16.6. The molecule has 0 aliphatic heterocycles. The van der Waals surface area contributed by atoms with Gasteiger partial charge in [0.15, 0.2) is 0 Å². The first kappa shape index (κ1) is 49.5. The molecule has 0 unspecified atom stereocenters. The number of hydrogen-bond donors (Lipinski definition) is 2. The number of nitrogens with zero attached hydrogens (tertiary/aromatic N) is 5. The Bertz CT molecular complexity index is 3140. The zero-order valence-corrected chi connectivity index (χ0v) is 38.2. The van der Waals surface area contributed by atoms with E-state index in [1.807, 2.05) is 118 Å². The molecule has 65 heavy (non-hydrogen) atoms. The second-order valence-corrected chi connectivity index (χ2v) is 15.2. The Hall–Kier alpha value is -8.13. The van der Waals surface area contributed by atoms with Gasteiger partial charge in [-0.1, -0.05) is 54.6 Å². The number of aromatic nitrogens is 3. The molecule has 0 radical (unpaired) electrons. The van der Waals surface area contributed by atoms with Crippen molar-refractivity contribution in [2.24, 2.45) is 21.1 Å². The Morgan fingerprint density at radius 3 is 1.52 bits per heavy atom. The Kier molecular flexibility index (Phi) is 17.4. The van der Waals surface area contributed by atoms with E-state index < -0.39 is 4.92 Å². The minimum absolute atomic E-state index is 0.0137. The highest BCUT2D eigenvalue weighted by atomic mass is 16.6. The SMILES string of the molecule is CC(=O)CC(=O)N(C)c1ccccc1.CNc1ccccc1.Cc1cc(=O)n(C)c2ccc(N)cc12.Cc1cc(=O)n(C)c2ccc([N+](=O)[O-])cc12.Cc1cc(=O)n(C)c2ccccc12. The molecule has 0 bridgehead atoms. The van der Waals surface area contributed by atoms with Crippen LogP contribution in [0, 0.1) is 30.9 Å². The predicted octanol–water partition coefficient (Wildman–Crippen LogP) is 8.39. The maximum atomic E-state index is 11.5. The van der Waals surface area contributed by atoms with Gasteiger partial charge < -0.3 is 29.7 Å². The number of nitrogens with two attached hydrogens (primary N) is 1. The molecular weight excluding hydrogens is 823 g/mol. The van der Waals surface area contributed by atoms with Crippen LogP contribution in [0.15, 0.2) is 154 Å². The fourth-order valence-corrected chi connectivity index (χ4v) is 6.67. The number of hydrogen-bond acceptors (Lipinski definition) is 9. The topological polar surface area (TPSA) is 185 Å². The van der Waals surface area contributed by atoms with E-state index in [0.717, 1.165) is 60.9 Å². The number of fused-ring (bicyclic) bond motifs is 3. The van der Waals surface area contributed by atoms with Crippen LogP contribution in [0.4, 0.5) is 22.7 Å². The maximum absolute atomic E-state index is 11.5. The molecule has 1 amide bonds. The van der Waals surface area contributed by atoms with Gasteiger partial charge in [-0.15, -0.1) is 0 Å². The molecule has 3 heterocycles. The summed E-state index contributed by atoms with van der Waals surface area (Å²) in [6, 6.07) is 42.1. The van der Waals surface area contributed by atoms with E-state index in [0.29, 0.717) is 5.52 Å². The highest BCUT2D eigenvalue weighted by molar-refractivity contribution is 6.04. The van der Waals surface area contributed by atoms with Gasteiger partial charge in [-0.25, -0.2) is 0 Å². The van der Waals surface area contributed by atoms with Crippen LogP contribution >= 0.6 is 0 Å². The Balaban J connectivity index is 0.000000180. The molecule has 5 aromatic carbocycles. The van der Waals surface area contributed by atoms with Crippen LogP contribution in [0.25, 0.3) is 32.7 Å². The van der Waals surface area contributed by atoms with Gasteiger partial charge in [0, 0.05) is 98.8 Å². The van der Waals surface area contributed by atoms with E-state index in [1.54, 1.807) is 68.5 Å². The van der Waals surface area contributed by atoms with Crippen LogP contribution in [-0.2, 0) is 30.7 Å². The first-order valence-corrected chi connectivity index (χ1v) is 20.5. The Labute approximate surface area is 377 Å². The van der Waals surface area contributed by atoms with Gasteiger partial charge in [-0.05, 0) is 99.0 Å². The molecule has 8 rings (SSSR count). The van der Waals surface area contributed by atoms with E-state index in [4.69, 9.17) is 5.73 Å². The maximum Gasteiger partial charge on any atom is 0.270 e. The molecule has 0 fully saturated rings. The highest BCUT2D eigenvalue weighted by Crippen LogP contribution is 2.22. The van der Waals surface area contributed by atoms with Gasteiger partial charge in [0.25, 0.3) is 22.4 Å². The standard InChI is InChI=1S/C11H10N2O3.C11H12N2O.C11H13NO2.C11H11NO.C7H9N/c1-7-5-11(14)12(2)10-4-3-8(13(15)16)6-9(7)10;1-7-5-11(14)13(2)10-4-3-8(12)6-9(7)10;1-9(13)8-11(14)12(2)10-6-4-3-5-7-10;1-8-7-11(13)12(2)10-6-4-3-5-9(8)10;1-8-7-5-3-2-4-6-7/h3-6H,1-2H3;3-6H,12H2,1-2H3;3-7H,8H2,1-2H3;3-7H,1-2H3;2-6,8H,1H3. The van der Waals surface area contributed by atoms with E-state index >= 15 is 0 Å². The van der Waals surface area contributed by atoms with Gasteiger partial charge in [0.05, 0.1) is 27.9 Å². The largest absolute Gasteiger partial charge is 0.399 e. The number of nitro benzene ring substituents is 1. The molecule has 336 valence electrons. The quantitative estimate of drug-likeness (QED) is 0.0742. The zero-order chi connectivity index (χ0) is 48.0. The summed E-state index contributed by atoms with van der Waals surface area (Å²) in [7, 11) is 8.79. The molecule has 0 atom stereocenters. The first-order valence-electron chi connectivity index (χ1n) is 20.5. The predicted molar refractivity (Wildman–Crippen MR) is 264 cm³/mol. The summed E-state index contributed by atoms with van der Waals surface area (Å²) in [4.78, 5) is 68.3. The lowest BCUT2D eigenvalue weighted by Gasteiger charge is -2.16. The molecule has 3 aromatic heterocycles. The molecule has 8 aromatic rings. The summed E-state index contributed by atoms with van der Waals surface area (Å²) in [5.74, 6) is -0.290. The van der Waals surface area contributed by atoms with Crippen molar-refractivity contribution in [2.45, 2.75) is 34.1 Å². The van der Waals surface area contributed by atoms with Gasteiger partial charge in [0.1, 0.15) is 5.78 Å². The van der Waals surface area contributed by atoms with Crippen LogP contribution in [0.5, 0.6) is 0 Å². The molecule has 0 aliphatic rings. The number of rotatable bonds is 5. The molecule has 14 heteroatoms. The number of nitro groups is 1. The van der Waals surface area contributed by atoms with Crippen molar-refractivity contribution in [3.63, 3.8) is 0 Å².